The highest BCUT2D eigenvalue weighted by Crippen LogP contribution is 2.25. The smallest absolute Gasteiger partial charge is 0.406 e. The first-order valence-corrected chi connectivity index (χ1v) is 6.48. The van der Waals surface area contributed by atoms with Gasteiger partial charge in [-0.05, 0) is 55.5 Å². The maximum absolute atomic E-state index is 12.0. The lowest BCUT2D eigenvalue weighted by atomic mass is 9.87. The van der Waals surface area contributed by atoms with Crippen molar-refractivity contribution in [3.8, 4) is 5.75 Å². The largest absolute Gasteiger partial charge is 0.573 e. The minimum absolute atomic E-state index is 0.161. The molecule has 106 valence electrons. The van der Waals surface area contributed by atoms with Crippen LogP contribution in [0.5, 0.6) is 5.75 Å². The van der Waals surface area contributed by atoms with Crippen LogP contribution in [-0.2, 0) is 6.42 Å². The van der Waals surface area contributed by atoms with E-state index in [1.807, 2.05) is 0 Å². The average molecular weight is 273 g/mol. The molecule has 0 saturated carbocycles. The lowest BCUT2D eigenvalue weighted by Gasteiger charge is -2.27. The summed E-state index contributed by atoms with van der Waals surface area (Å²) in [5.41, 5.74) is 1.05. The Kier molecular flexibility index (Phi) is 4.34. The van der Waals surface area contributed by atoms with E-state index < -0.39 is 6.36 Å². The molecule has 0 aromatic heterocycles. The van der Waals surface area contributed by atoms with Gasteiger partial charge in [-0.2, -0.15) is 0 Å². The van der Waals surface area contributed by atoms with Crippen LogP contribution in [0.25, 0.3) is 0 Å². The molecule has 2 unspecified atom stereocenters. The number of alkyl halides is 3. The summed E-state index contributed by atoms with van der Waals surface area (Å²) in [7, 11) is 0. The van der Waals surface area contributed by atoms with Crippen molar-refractivity contribution in [1.82, 2.24) is 5.32 Å². The minimum Gasteiger partial charge on any atom is -0.406 e. The number of ether oxygens (including phenoxy) is 1. The Balaban J connectivity index is 1.91. The summed E-state index contributed by atoms with van der Waals surface area (Å²) >= 11 is 0. The number of rotatable bonds is 3. The molecule has 1 aromatic rings. The summed E-state index contributed by atoms with van der Waals surface area (Å²) in [6, 6.07) is 6.17. The number of hydrogen-bond acceptors (Lipinski definition) is 2. The Morgan fingerprint density at radius 1 is 1.21 bits per heavy atom. The van der Waals surface area contributed by atoms with Crippen molar-refractivity contribution in [2.24, 2.45) is 11.8 Å². The molecule has 1 fully saturated rings. The fourth-order valence-corrected chi connectivity index (χ4v) is 2.59. The molecular formula is C14H18F3NO. The van der Waals surface area contributed by atoms with E-state index in [0.29, 0.717) is 11.8 Å². The van der Waals surface area contributed by atoms with Gasteiger partial charge >= 0.3 is 6.36 Å². The van der Waals surface area contributed by atoms with Gasteiger partial charge in [0.25, 0.3) is 0 Å². The maximum Gasteiger partial charge on any atom is 0.573 e. The minimum atomic E-state index is -4.62. The highest BCUT2D eigenvalue weighted by Gasteiger charge is 2.31. The molecule has 1 aliphatic heterocycles. The first-order valence-electron chi connectivity index (χ1n) is 6.48. The molecule has 1 N–H and O–H groups in total. The predicted molar refractivity (Wildman–Crippen MR) is 67.0 cm³/mol. The van der Waals surface area contributed by atoms with Crippen molar-refractivity contribution in [2.45, 2.75) is 26.1 Å². The summed E-state index contributed by atoms with van der Waals surface area (Å²) in [6.45, 7) is 4.24. The van der Waals surface area contributed by atoms with Crippen molar-refractivity contribution in [3.05, 3.63) is 29.8 Å². The molecule has 0 aliphatic carbocycles. The van der Waals surface area contributed by atoms with Gasteiger partial charge in [-0.15, -0.1) is 13.2 Å². The topological polar surface area (TPSA) is 21.3 Å². The molecule has 1 saturated heterocycles. The second-order valence-corrected chi connectivity index (χ2v) is 5.26. The molecule has 5 heteroatoms. The molecule has 0 amide bonds. The van der Waals surface area contributed by atoms with Crippen molar-refractivity contribution in [2.75, 3.05) is 13.1 Å². The van der Waals surface area contributed by atoms with Gasteiger partial charge in [-0.1, -0.05) is 19.1 Å². The Labute approximate surface area is 111 Å². The van der Waals surface area contributed by atoms with Gasteiger partial charge in [0.1, 0.15) is 5.75 Å². The third kappa shape index (κ3) is 4.74. The highest BCUT2D eigenvalue weighted by molar-refractivity contribution is 5.27. The second kappa shape index (κ2) is 5.82. The summed E-state index contributed by atoms with van der Waals surface area (Å²) in [5.74, 6) is 1.05. The van der Waals surface area contributed by atoms with E-state index >= 15 is 0 Å². The van der Waals surface area contributed by atoms with Crippen LogP contribution in [0.1, 0.15) is 18.9 Å². The molecule has 0 bridgehead atoms. The average Bonchev–Trinajstić information content (AvgIpc) is 2.30. The summed E-state index contributed by atoms with van der Waals surface area (Å²) in [6.07, 6.45) is -2.57. The van der Waals surface area contributed by atoms with Crippen LogP contribution in [0, 0.1) is 11.8 Å². The monoisotopic (exact) mass is 273 g/mol. The van der Waals surface area contributed by atoms with E-state index in [0.717, 1.165) is 31.5 Å². The van der Waals surface area contributed by atoms with E-state index in [4.69, 9.17) is 0 Å². The van der Waals surface area contributed by atoms with Crippen LogP contribution < -0.4 is 10.1 Å². The SMILES string of the molecule is CC1CNCC(Cc2ccc(OC(F)(F)F)cc2)C1. The van der Waals surface area contributed by atoms with Gasteiger partial charge in [0.05, 0.1) is 0 Å². The number of piperidine rings is 1. The Bertz CT molecular complexity index is 402. The molecule has 1 aromatic carbocycles. The number of benzene rings is 1. The lowest BCUT2D eigenvalue weighted by Crippen LogP contribution is -2.35. The molecule has 2 atom stereocenters. The van der Waals surface area contributed by atoms with E-state index in [1.165, 1.54) is 12.1 Å². The van der Waals surface area contributed by atoms with Gasteiger partial charge in [0.2, 0.25) is 0 Å². The van der Waals surface area contributed by atoms with Gasteiger partial charge in [-0.25, -0.2) is 0 Å². The Hall–Kier alpha value is -1.23. The molecule has 19 heavy (non-hydrogen) atoms. The maximum atomic E-state index is 12.0. The van der Waals surface area contributed by atoms with Gasteiger partial charge < -0.3 is 10.1 Å². The first kappa shape index (κ1) is 14.2. The number of nitrogens with one attached hydrogen (secondary N) is 1. The summed E-state index contributed by atoms with van der Waals surface area (Å²) in [4.78, 5) is 0. The number of hydrogen-bond donors (Lipinski definition) is 1. The van der Waals surface area contributed by atoms with Crippen LogP contribution in [0.4, 0.5) is 13.2 Å². The first-order chi connectivity index (χ1) is 8.92. The molecule has 2 rings (SSSR count). The van der Waals surface area contributed by atoms with E-state index in [-0.39, 0.29) is 5.75 Å². The van der Waals surface area contributed by atoms with Crippen LogP contribution in [0.2, 0.25) is 0 Å². The van der Waals surface area contributed by atoms with Crippen LogP contribution in [0.3, 0.4) is 0 Å². The highest BCUT2D eigenvalue weighted by atomic mass is 19.4. The third-order valence-corrected chi connectivity index (χ3v) is 3.34. The molecule has 2 nitrogen and oxygen atoms in total. The van der Waals surface area contributed by atoms with Gasteiger partial charge in [0.15, 0.2) is 0 Å². The zero-order valence-corrected chi connectivity index (χ0v) is 10.8. The van der Waals surface area contributed by atoms with Crippen molar-refractivity contribution in [3.63, 3.8) is 0 Å². The normalized spacial score (nSPS) is 24.2. The molecule has 1 heterocycles. The van der Waals surface area contributed by atoms with Crippen LogP contribution in [-0.4, -0.2) is 19.5 Å². The van der Waals surface area contributed by atoms with Gasteiger partial charge in [0, 0.05) is 0 Å². The van der Waals surface area contributed by atoms with Crippen molar-refractivity contribution < 1.29 is 17.9 Å². The quantitative estimate of drug-likeness (QED) is 0.911. The summed E-state index contributed by atoms with van der Waals surface area (Å²) < 4.78 is 39.9. The van der Waals surface area contributed by atoms with Gasteiger partial charge in [-0.3, -0.25) is 0 Å². The second-order valence-electron chi connectivity index (χ2n) is 5.26. The van der Waals surface area contributed by atoms with E-state index in [1.54, 1.807) is 12.1 Å². The standard InChI is InChI=1S/C14H18F3NO/c1-10-6-12(9-18-8-10)7-11-2-4-13(5-3-11)19-14(15,16)17/h2-5,10,12,18H,6-9H2,1H3. The predicted octanol–water partition coefficient (Wildman–Crippen LogP) is 3.37. The van der Waals surface area contributed by atoms with E-state index in [9.17, 15) is 13.2 Å². The molecule has 0 radical (unpaired) electrons. The molecule has 1 aliphatic rings. The number of halogens is 3. The molecular weight excluding hydrogens is 255 g/mol. The Morgan fingerprint density at radius 2 is 1.89 bits per heavy atom. The zero-order valence-electron chi connectivity index (χ0n) is 10.8. The summed E-state index contributed by atoms with van der Waals surface area (Å²) in [5, 5.41) is 3.37. The van der Waals surface area contributed by atoms with Crippen molar-refractivity contribution in [1.29, 1.82) is 0 Å². The fraction of sp³-hybridized carbons (Fsp3) is 0.571. The van der Waals surface area contributed by atoms with Crippen LogP contribution in [0.15, 0.2) is 24.3 Å². The zero-order chi connectivity index (χ0) is 13.9. The third-order valence-electron chi connectivity index (χ3n) is 3.34. The van der Waals surface area contributed by atoms with E-state index in [2.05, 4.69) is 17.0 Å². The van der Waals surface area contributed by atoms with Crippen molar-refractivity contribution >= 4 is 0 Å². The fourth-order valence-electron chi connectivity index (χ4n) is 2.59. The Morgan fingerprint density at radius 3 is 2.47 bits per heavy atom. The molecule has 0 spiro atoms. The lowest BCUT2D eigenvalue weighted by molar-refractivity contribution is -0.274. The van der Waals surface area contributed by atoms with Crippen LogP contribution >= 0.6 is 0 Å².